The number of likely N-dealkylation sites (tertiary alicyclic amines) is 1. The molecule has 2 aliphatic rings. The SMILES string of the molecule is O=C(O)[C@H]1C[C@@H](O)CN1.O=C(O)[C@H]1C[C@@H](O)CN1C(=O)OCc1ccccc1. The van der Waals surface area contributed by atoms with Gasteiger partial charge in [0.25, 0.3) is 0 Å². The van der Waals surface area contributed by atoms with E-state index in [-0.39, 0.29) is 19.6 Å². The number of carboxylic acids is 2. The highest BCUT2D eigenvalue weighted by Gasteiger charge is 2.39. The van der Waals surface area contributed by atoms with E-state index in [2.05, 4.69) is 5.32 Å². The van der Waals surface area contributed by atoms with Gasteiger partial charge < -0.3 is 30.5 Å². The van der Waals surface area contributed by atoms with E-state index in [4.69, 9.17) is 20.1 Å². The van der Waals surface area contributed by atoms with Crippen molar-refractivity contribution in [1.82, 2.24) is 10.2 Å². The molecule has 2 aliphatic heterocycles. The topological polar surface area (TPSA) is 157 Å². The summed E-state index contributed by atoms with van der Waals surface area (Å²) in [6, 6.07) is 7.55. The van der Waals surface area contributed by atoms with Gasteiger partial charge in [-0.15, -0.1) is 0 Å². The van der Waals surface area contributed by atoms with E-state index >= 15 is 0 Å². The molecular formula is C18H24N2O8. The Morgan fingerprint density at radius 1 is 1.04 bits per heavy atom. The molecule has 10 heteroatoms. The Labute approximate surface area is 161 Å². The number of aliphatic carboxylic acids is 2. The van der Waals surface area contributed by atoms with Crippen molar-refractivity contribution in [3.8, 4) is 0 Å². The molecule has 154 valence electrons. The number of hydrogen-bond donors (Lipinski definition) is 5. The Bertz CT molecular complexity index is 683. The van der Waals surface area contributed by atoms with Crippen molar-refractivity contribution in [3.63, 3.8) is 0 Å². The Hall–Kier alpha value is -2.69. The minimum absolute atomic E-state index is 0.00934. The molecule has 1 aromatic rings. The van der Waals surface area contributed by atoms with Crippen molar-refractivity contribution in [1.29, 1.82) is 0 Å². The third-order valence-corrected chi connectivity index (χ3v) is 4.41. The van der Waals surface area contributed by atoms with Crippen molar-refractivity contribution in [2.75, 3.05) is 13.1 Å². The van der Waals surface area contributed by atoms with Gasteiger partial charge in [-0.2, -0.15) is 0 Å². The smallest absolute Gasteiger partial charge is 0.410 e. The van der Waals surface area contributed by atoms with E-state index in [1.165, 1.54) is 0 Å². The molecule has 0 aromatic heterocycles. The molecule has 10 nitrogen and oxygen atoms in total. The Morgan fingerprint density at radius 3 is 2.21 bits per heavy atom. The van der Waals surface area contributed by atoms with E-state index in [1.54, 1.807) is 12.1 Å². The largest absolute Gasteiger partial charge is 0.480 e. The second-order valence-electron chi connectivity index (χ2n) is 6.62. The van der Waals surface area contributed by atoms with Crippen molar-refractivity contribution in [2.24, 2.45) is 0 Å². The number of β-amino-alcohol motifs (C(OH)–C–C–N with tert-alkyl or cyclic N) is 2. The van der Waals surface area contributed by atoms with Crippen LogP contribution in [0.1, 0.15) is 18.4 Å². The number of aliphatic hydroxyl groups is 2. The van der Waals surface area contributed by atoms with Crippen LogP contribution in [0.25, 0.3) is 0 Å². The maximum Gasteiger partial charge on any atom is 0.410 e. The first-order chi connectivity index (χ1) is 13.3. The zero-order valence-corrected chi connectivity index (χ0v) is 15.1. The van der Waals surface area contributed by atoms with Crippen LogP contribution in [0.3, 0.4) is 0 Å². The number of carbonyl (C=O) groups excluding carboxylic acids is 1. The lowest BCUT2D eigenvalue weighted by molar-refractivity contribution is -0.142. The molecule has 0 radical (unpaired) electrons. The number of nitrogens with zero attached hydrogens (tertiary/aromatic N) is 1. The molecule has 28 heavy (non-hydrogen) atoms. The number of amides is 1. The number of carboxylic acid groups (broad SMARTS) is 2. The summed E-state index contributed by atoms with van der Waals surface area (Å²) >= 11 is 0. The summed E-state index contributed by atoms with van der Waals surface area (Å²) in [6.07, 6.45) is -1.64. The number of aliphatic hydroxyl groups excluding tert-OH is 2. The molecular weight excluding hydrogens is 372 g/mol. The molecule has 0 saturated carbocycles. The number of carbonyl (C=O) groups is 3. The van der Waals surface area contributed by atoms with Crippen LogP contribution in [-0.2, 0) is 20.9 Å². The molecule has 4 atom stereocenters. The molecule has 1 amide bonds. The summed E-state index contributed by atoms with van der Waals surface area (Å²) in [6.45, 7) is 0.472. The monoisotopic (exact) mass is 396 g/mol. The molecule has 0 aliphatic carbocycles. The van der Waals surface area contributed by atoms with Gasteiger partial charge >= 0.3 is 18.0 Å². The summed E-state index contributed by atoms with van der Waals surface area (Å²) < 4.78 is 5.05. The molecule has 2 fully saturated rings. The van der Waals surface area contributed by atoms with E-state index in [9.17, 15) is 19.5 Å². The van der Waals surface area contributed by atoms with E-state index < -0.39 is 42.3 Å². The first-order valence-electron chi connectivity index (χ1n) is 8.80. The van der Waals surface area contributed by atoms with Gasteiger partial charge in [0.05, 0.1) is 18.8 Å². The fourth-order valence-corrected chi connectivity index (χ4v) is 2.96. The van der Waals surface area contributed by atoms with Gasteiger partial charge in [0, 0.05) is 19.4 Å². The van der Waals surface area contributed by atoms with Crippen LogP contribution in [0.4, 0.5) is 4.79 Å². The molecule has 5 N–H and O–H groups in total. The maximum absolute atomic E-state index is 11.8. The van der Waals surface area contributed by atoms with Gasteiger partial charge in [0.15, 0.2) is 0 Å². The van der Waals surface area contributed by atoms with E-state index in [0.29, 0.717) is 13.0 Å². The predicted octanol–water partition coefficient (Wildman–Crippen LogP) is -0.363. The first-order valence-corrected chi connectivity index (χ1v) is 8.80. The van der Waals surface area contributed by atoms with Gasteiger partial charge in [0.2, 0.25) is 0 Å². The minimum Gasteiger partial charge on any atom is -0.480 e. The van der Waals surface area contributed by atoms with Gasteiger partial charge in [-0.05, 0) is 5.56 Å². The van der Waals surface area contributed by atoms with E-state index in [0.717, 1.165) is 10.5 Å². The average molecular weight is 396 g/mol. The quantitative estimate of drug-likeness (QED) is 0.458. The number of nitrogens with one attached hydrogen (secondary N) is 1. The third kappa shape index (κ3) is 6.19. The number of rotatable bonds is 4. The fraction of sp³-hybridized carbons (Fsp3) is 0.500. The minimum atomic E-state index is -1.13. The van der Waals surface area contributed by atoms with E-state index in [1.807, 2.05) is 18.2 Å². The summed E-state index contributed by atoms with van der Waals surface area (Å²) in [4.78, 5) is 34.0. The second kappa shape index (κ2) is 10.0. The highest BCUT2D eigenvalue weighted by atomic mass is 16.6. The summed E-state index contributed by atoms with van der Waals surface area (Å²) in [5.74, 6) is -2.01. The van der Waals surface area contributed by atoms with Crippen LogP contribution in [0.15, 0.2) is 30.3 Å². The Kier molecular flexibility index (Phi) is 7.73. The molecule has 2 saturated heterocycles. The summed E-state index contributed by atoms with van der Waals surface area (Å²) in [5.41, 5.74) is 0.822. The highest BCUT2D eigenvalue weighted by Crippen LogP contribution is 2.19. The summed E-state index contributed by atoms with van der Waals surface area (Å²) in [5, 5.41) is 38.3. The fourth-order valence-electron chi connectivity index (χ4n) is 2.96. The Balaban J connectivity index is 0.000000261. The van der Waals surface area contributed by atoms with Crippen LogP contribution < -0.4 is 5.32 Å². The molecule has 2 heterocycles. The molecule has 0 bridgehead atoms. The molecule has 3 rings (SSSR count). The normalized spacial score (nSPS) is 26.3. The predicted molar refractivity (Wildman–Crippen MR) is 95.4 cm³/mol. The maximum atomic E-state index is 11.8. The zero-order valence-electron chi connectivity index (χ0n) is 15.1. The van der Waals surface area contributed by atoms with Crippen LogP contribution in [0.5, 0.6) is 0 Å². The van der Waals surface area contributed by atoms with Gasteiger partial charge in [-0.25, -0.2) is 9.59 Å². The zero-order chi connectivity index (χ0) is 20.7. The van der Waals surface area contributed by atoms with Gasteiger partial charge in [0.1, 0.15) is 18.7 Å². The first kappa shape index (κ1) is 21.6. The van der Waals surface area contributed by atoms with Crippen molar-refractivity contribution >= 4 is 18.0 Å². The standard InChI is InChI=1S/C13H15NO5.C5H9NO3/c15-10-6-11(12(16)17)14(7-10)13(18)19-8-9-4-2-1-3-5-9;7-3-1-4(5(8)9)6-2-3/h1-5,10-11,15H,6-8H2,(H,16,17);3-4,6-7H,1-2H2,(H,8,9)/t10-,11-;3-,4-/m11/s1. The Morgan fingerprint density at radius 2 is 1.71 bits per heavy atom. The van der Waals surface area contributed by atoms with Crippen molar-refractivity contribution < 1.29 is 39.5 Å². The van der Waals surface area contributed by atoms with Crippen LogP contribution >= 0.6 is 0 Å². The highest BCUT2D eigenvalue weighted by molar-refractivity contribution is 5.80. The van der Waals surface area contributed by atoms with Crippen molar-refractivity contribution in [3.05, 3.63) is 35.9 Å². The van der Waals surface area contributed by atoms with Crippen LogP contribution in [0, 0.1) is 0 Å². The summed E-state index contributed by atoms with van der Waals surface area (Å²) in [7, 11) is 0. The van der Waals surface area contributed by atoms with Crippen molar-refractivity contribution in [2.45, 2.75) is 43.7 Å². The van der Waals surface area contributed by atoms with Gasteiger partial charge in [-0.1, -0.05) is 30.3 Å². The number of ether oxygens (including phenoxy) is 1. The number of hydrogen-bond acceptors (Lipinski definition) is 7. The lowest BCUT2D eigenvalue weighted by Crippen LogP contribution is -2.40. The van der Waals surface area contributed by atoms with Crippen LogP contribution in [0.2, 0.25) is 0 Å². The second-order valence-corrected chi connectivity index (χ2v) is 6.62. The van der Waals surface area contributed by atoms with Gasteiger partial charge in [-0.3, -0.25) is 9.69 Å². The third-order valence-electron chi connectivity index (χ3n) is 4.41. The molecule has 0 unspecified atom stereocenters. The molecule has 0 spiro atoms. The lowest BCUT2D eigenvalue weighted by Gasteiger charge is -2.20. The number of benzene rings is 1. The molecule has 1 aromatic carbocycles. The average Bonchev–Trinajstić information content (AvgIpc) is 3.27. The van der Waals surface area contributed by atoms with Crippen LogP contribution in [-0.4, -0.2) is 80.7 Å². The lowest BCUT2D eigenvalue weighted by atomic mass is 10.2.